The molecule has 1 aliphatic rings. The second-order valence-corrected chi connectivity index (χ2v) is 7.81. The summed E-state index contributed by atoms with van der Waals surface area (Å²) < 4.78 is 1.74. The van der Waals surface area contributed by atoms with E-state index in [1.165, 1.54) is 11.3 Å². The molecule has 0 saturated carbocycles. The van der Waals surface area contributed by atoms with Gasteiger partial charge in [0, 0.05) is 36.1 Å². The monoisotopic (exact) mass is 359 g/mol. The van der Waals surface area contributed by atoms with Crippen molar-refractivity contribution in [2.75, 3.05) is 6.54 Å². The molecule has 1 amide bonds. The molecule has 4 heterocycles. The van der Waals surface area contributed by atoms with Gasteiger partial charge in [-0.15, -0.1) is 22.7 Å². The summed E-state index contributed by atoms with van der Waals surface area (Å²) in [6.07, 6.45) is 5.65. The largest absolute Gasteiger partial charge is 0.329 e. The maximum absolute atomic E-state index is 12.9. The van der Waals surface area contributed by atoms with E-state index < -0.39 is 0 Å². The maximum Gasteiger partial charge on any atom is 0.273 e. The molecule has 24 heavy (non-hydrogen) atoms. The molecular formula is C16H17N5OS2. The van der Waals surface area contributed by atoms with Crippen LogP contribution in [0.2, 0.25) is 0 Å². The van der Waals surface area contributed by atoms with Crippen molar-refractivity contribution >= 4 is 28.6 Å². The third kappa shape index (κ3) is 2.76. The van der Waals surface area contributed by atoms with Gasteiger partial charge in [-0.05, 0) is 19.8 Å². The smallest absolute Gasteiger partial charge is 0.273 e. The molecule has 0 aliphatic carbocycles. The van der Waals surface area contributed by atoms with Crippen LogP contribution < -0.4 is 0 Å². The number of hydrogen-bond donors (Lipinski definition) is 0. The molecule has 0 radical (unpaired) electrons. The Morgan fingerprint density at radius 3 is 2.88 bits per heavy atom. The molecule has 0 bridgehead atoms. The van der Waals surface area contributed by atoms with Crippen molar-refractivity contribution in [3.8, 4) is 10.6 Å². The third-order valence-electron chi connectivity index (χ3n) is 4.17. The van der Waals surface area contributed by atoms with Crippen LogP contribution in [-0.4, -0.2) is 37.1 Å². The summed E-state index contributed by atoms with van der Waals surface area (Å²) in [7, 11) is 1.87. The lowest BCUT2D eigenvalue weighted by atomic mass is 10.1. The molecule has 0 aromatic carbocycles. The zero-order valence-electron chi connectivity index (χ0n) is 13.5. The topological polar surface area (TPSA) is 63.9 Å². The van der Waals surface area contributed by atoms with E-state index in [0.29, 0.717) is 5.69 Å². The van der Waals surface area contributed by atoms with Gasteiger partial charge in [-0.1, -0.05) is 0 Å². The standard InChI is InChI=1S/C16H17N5OS2/c1-10-18-12(8-23-10)14-4-3-5-21(14)16(22)13-9-24-15(19-13)11-6-17-20(2)7-11/h6-9,14H,3-5H2,1-2H3/t14-/m1/s1. The molecule has 6 nitrogen and oxygen atoms in total. The Morgan fingerprint density at radius 1 is 1.29 bits per heavy atom. The number of rotatable bonds is 3. The van der Waals surface area contributed by atoms with Gasteiger partial charge in [0.15, 0.2) is 0 Å². The Kier molecular flexibility index (Phi) is 3.93. The van der Waals surface area contributed by atoms with Gasteiger partial charge in [0.25, 0.3) is 5.91 Å². The van der Waals surface area contributed by atoms with Crippen molar-refractivity contribution in [1.82, 2.24) is 24.6 Å². The molecule has 1 saturated heterocycles. The second kappa shape index (κ2) is 6.10. The summed E-state index contributed by atoms with van der Waals surface area (Å²) in [5, 5.41) is 9.93. The number of thiazole rings is 2. The Labute approximate surface area is 147 Å². The SMILES string of the molecule is Cc1nc([C@H]2CCCN2C(=O)c2csc(-c3cnn(C)c3)n2)cs1. The first-order valence-corrected chi connectivity index (χ1v) is 9.55. The summed E-state index contributed by atoms with van der Waals surface area (Å²) in [6.45, 7) is 2.76. The van der Waals surface area contributed by atoms with E-state index in [2.05, 4.69) is 20.4 Å². The lowest BCUT2D eigenvalue weighted by Gasteiger charge is -2.22. The van der Waals surface area contributed by atoms with Crippen LogP contribution in [0.4, 0.5) is 0 Å². The number of likely N-dealkylation sites (tertiary alicyclic amines) is 1. The molecule has 0 N–H and O–H groups in total. The van der Waals surface area contributed by atoms with E-state index in [1.807, 2.05) is 30.4 Å². The molecule has 124 valence electrons. The van der Waals surface area contributed by atoms with E-state index in [1.54, 1.807) is 22.2 Å². The van der Waals surface area contributed by atoms with Crippen LogP contribution in [0.5, 0.6) is 0 Å². The number of amides is 1. The molecule has 8 heteroatoms. The van der Waals surface area contributed by atoms with Crippen LogP contribution in [0.3, 0.4) is 0 Å². The fourth-order valence-electron chi connectivity index (χ4n) is 3.03. The van der Waals surface area contributed by atoms with Gasteiger partial charge >= 0.3 is 0 Å². The molecule has 1 fully saturated rings. The number of carbonyl (C=O) groups is 1. The lowest BCUT2D eigenvalue weighted by Crippen LogP contribution is -2.31. The van der Waals surface area contributed by atoms with Crippen LogP contribution in [0, 0.1) is 6.92 Å². The van der Waals surface area contributed by atoms with Crippen molar-refractivity contribution < 1.29 is 4.79 Å². The van der Waals surface area contributed by atoms with E-state index >= 15 is 0 Å². The van der Waals surface area contributed by atoms with Crippen molar-refractivity contribution in [2.24, 2.45) is 7.05 Å². The lowest BCUT2D eigenvalue weighted by molar-refractivity contribution is 0.0728. The highest BCUT2D eigenvalue weighted by Crippen LogP contribution is 2.34. The Bertz CT molecular complexity index is 881. The first-order valence-electron chi connectivity index (χ1n) is 7.79. The van der Waals surface area contributed by atoms with Crippen LogP contribution in [0.15, 0.2) is 23.2 Å². The zero-order chi connectivity index (χ0) is 16.7. The third-order valence-corrected chi connectivity index (χ3v) is 5.85. The number of nitrogens with zero attached hydrogens (tertiary/aromatic N) is 5. The predicted molar refractivity (Wildman–Crippen MR) is 94.2 cm³/mol. The van der Waals surface area contributed by atoms with Gasteiger partial charge in [0.1, 0.15) is 10.7 Å². The van der Waals surface area contributed by atoms with E-state index in [-0.39, 0.29) is 11.9 Å². The summed E-state index contributed by atoms with van der Waals surface area (Å²) in [4.78, 5) is 23.9. The molecule has 4 rings (SSSR count). The summed E-state index contributed by atoms with van der Waals surface area (Å²) >= 11 is 3.11. The number of hydrogen-bond acceptors (Lipinski definition) is 6. The zero-order valence-corrected chi connectivity index (χ0v) is 15.1. The first kappa shape index (κ1) is 15.5. The van der Waals surface area contributed by atoms with Gasteiger partial charge in [0.2, 0.25) is 0 Å². The fraction of sp³-hybridized carbons (Fsp3) is 0.375. The van der Waals surface area contributed by atoms with Crippen LogP contribution >= 0.6 is 22.7 Å². The van der Waals surface area contributed by atoms with Gasteiger partial charge < -0.3 is 4.90 Å². The molecule has 0 spiro atoms. The molecule has 3 aromatic rings. The Morgan fingerprint density at radius 2 is 2.17 bits per heavy atom. The average molecular weight is 359 g/mol. The highest BCUT2D eigenvalue weighted by atomic mass is 32.1. The Balaban J connectivity index is 1.58. The summed E-state index contributed by atoms with van der Waals surface area (Å²) in [6, 6.07) is 0.0750. The Hall–Kier alpha value is -2.06. The highest BCUT2D eigenvalue weighted by Gasteiger charge is 2.33. The maximum atomic E-state index is 12.9. The quantitative estimate of drug-likeness (QED) is 0.720. The van der Waals surface area contributed by atoms with Crippen LogP contribution in [0.1, 0.15) is 40.1 Å². The minimum absolute atomic E-state index is 0.00505. The molecule has 3 aromatic heterocycles. The highest BCUT2D eigenvalue weighted by molar-refractivity contribution is 7.13. The summed E-state index contributed by atoms with van der Waals surface area (Å²) in [5.74, 6) is -0.00505. The van der Waals surface area contributed by atoms with Crippen molar-refractivity contribution in [2.45, 2.75) is 25.8 Å². The fourth-order valence-corrected chi connectivity index (χ4v) is 4.46. The van der Waals surface area contributed by atoms with Gasteiger partial charge in [-0.3, -0.25) is 9.48 Å². The first-order chi connectivity index (χ1) is 11.6. The summed E-state index contributed by atoms with van der Waals surface area (Å²) in [5.41, 5.74) is 2.46. The minimum atomic E-state index is -0.00505. The molecule has 0 unspecified atom stereocenters. The van der Waals surface area contributed by atoms with Crippen molar-refractivity contribution in [1.29, 1.82) is 0 Å². The minimum Gasteiger partial charge on any atom is -0.329 e. The van der Waals surface area contributed by atoms with Crippen molar-refractivity contribution in [3.63, 3.8) is 0 Å². The predicted octanol–water partition coefficient (Wildman–Crippen LogP) is 3.29. The van der Waals surface area contributed by atoms with Gasteiger partial charge in [0.05, 0.1) is 22.9 Å². The molecule has 1 atom stereocenters. The van der Waals surface area contributed by atoms with Gasteiger partial charge in [-0.2, -0.15) is 5.10 Å². The van der Waals surface area contributed by atoms with E-state index in [0.717, 1.165) is 40.7 Å². The van der Waals surface area contributed by atoms with Gasteiger partial charge in [-0.25, -0.2) is 9.97 Å². The van der Waals surface area contributed by atoms with E-state index in [9.17, 15) is 4.79 Å². The van der Waals surface area contributed by atoms with Crippen molar-refractivity contribution in [3.05, 3.63) is 39.5 Å². The van der Waals surface area contributed by atoms with Crippen LogP contribution in [0.25, 0.3) is 10.6 Å². The number of aromatic nitrogens is 4. The number of aryl methyl sites for hydroxylation is 2. The van der Waals surface area contributed by atoms with Crippen LogP contribution in [-0.2, 0) is 7.05 Å². The molecule has 1 aliphatic heterocycles. The normalized spacial score (nSPS) is 17.6. The average Bonchev–Trinajstić information content (AvgIpc) is 3.33. The second-order valence-electron chi connectivity index (χ2n) is 5.89. The number of carbonyl (C=O) groups excluding carboxylic acids is 1. The van der Waals surface area contributed by atoms with E-state index in [4.69, 9.17) is 0 Å². The molecular weight excluding hydrogens is 342 g/mol.